The molecular formula is C16H17N3O4S. The molecule has 7 nitrogen and oxygen atoms in total. The molecule has 0 fully saturated rings. The third-order valence-electron chi connectivity index (χ3n) is 3.67. The van der Waals surface area contributed by atoms with Gasteiger partial charge in [0, 0.05) is 23.7 Å². The van der Waals surface area contributed by atoms with E-state index in [0.717, 1.165) is 0 Å². The van der Waals surface area contributed by atoms with Crippen molar-refractivity contribution in [2.45, 2.75) is 5.60 Å². The number of hydrogen-bond acceptors (Lipinski definition) is 6. The first-order chi connectivity index (χ1) is 11.5. The van der Waals surface area contributed by atoms with Gasteiger partial charge in [0.2, 0.25) is 5.88 Å². The number of ether oxygens (including phenoxy) is 1. The molecule has 3 rings (SSSR count). The highest BCUT2D eigenvalue weighted by Gasteiger charge is 2.34. The molecular weight excluding hydrogens is 330 g/mol. The topological polar surface area (TPSA) is 89.5 Å². The molecule has 0 saturated heterocycles. The van der Waals surface area contributed by atoms with E-state index in [1.807, 2.05) is 17.5 Å². The Labute approximate surface area is 142 Å². The minimum Gasteiger partial charge on any atom is -0.479 e. The standard InChI is InChI=1S/C16H17N3O4S/c1-19-8-12(15(18-19)22-2)14(20)17-10-16(21,11-5-6-23-9-11)13-4-3-7-24-13/h3-9,21H,10H2,1-2H3,(H,17,20). The van der Waals surface area contributed by atoms with Crippen LogP contribution in [0.2, 0.25) is 0 Å². The van der Waals surface area contributed by atoms with Crippen molar-refractivity contribution in [2.75, 3.05) is 13.7 Å². The van der Waals surface area contributed by atoms with Gasteiger partial charge in [-0.15, -0.1) is 16.4 Å². The molecule has 2 N–H and O–H groups in total. The van der Waals surface area contributed by atoms with Crippen LogP contribution in [0.25, 0.3) is 0 Å². The van der Waals surface area contributed by atoms with Crippen LogP contribution in [-0.2, 0) is 12.6 Å². The number of nitrogens with zero attached hydrogens (tertiary/aromatic N) is 2. The lowest BCUT2D eigenvalue weighted by Crippen LogP contribution is -2.41. The van der Waals surface area contributed by atoms with Gasteiger partial charge < -0.3 is 19.6 Å². The zero-order chi connectivity index (χ0) is 17.2. The number of rotatable bonds is 6. The van der Waals surface area contributed by atoms with Crippen LogP contribution in [-0.4, -0.2) is 34.4 Å². The molecule has 24 heavy (non-hydrogen) atoms. The summed E-state index contributed by atoms with van der Waals surface area (Å²) in [6.07, 6.45) is 4.52. The number of aliphatic hydroxyl groups is 1. The van der Waals surface area contributed by atoms with Gasteiger partial charge in [-0.2, -0.15) is 0 Å². The molecule has 0 aliphatic carbocycles. The summed E-state index contributed by atoms with van der Waals surface area (Å²) < 4.78 is 11.7. The molecule has 0 spiro atoms. The first-order valence-corrected chi connectivity index (χ1v) is 8.07. The highest BCUT2D eigenvalue weighted by atomic mass is 32.1. The fourth-order valence-corrected chi connectivity index (χ4v) is 3.27. The number of furan rings is 1. The maximum Gasteiger partial charge on any atom is 0.258 e. The van der Waals surface area contributed by atoms with Crippen LogP contribution >= 0.6 is 11.3 Å². The third kappa shape index (κ3) is 2.93. The van der Waals surface area contributed by atoms with E-state index in [0.29, 0.717) is 16.0 Å². The first-order valence-electron chi connectivity index (χ1n) is 7.19. The molecule has 3 aromatic heterocycles. The fraction of sp³-hybridized carbons (Fsp3) is 0.250. The molecule has 0 bridgehead atoms. The van der Waals surface area contributed by atoms with Crippen LogP contribution < -0.4 is 10.1 Å². The van der Waals surface area contributed by atoms with Crippen molar-refractivity contribution in [3.63, 3.8) is 0 Å². The van der Waals surface area contributed by atoms with E-state index in [1.165, 1.54) is 35.7 Å². The Balaban J connectivity index is 1.83. The Morgan fingerprint density at radius 2 is 2.38 bits per heavy atom. The van der Waals surface area contributed by atoms with E-state index >= 15 is 0 Å². The van der Waals surface area contributed by atoms with Gasteiger partial charge in [0.1, 0.15) is 11.2 Å². The van der Waals surface area contributed by atoms with E-state index < -0.39 is 5.60 Å². The summed E-state index contributed by atoms with van der Waals surface area (Å²) in [5, 5.41) is 19.8. The number of carbonyl (C=O) groups is 1. The summed E-state index contributed by atoms with van der Waals surface area (Å²) in [4.78, 5) is 13.2. The number of aromatic nitrogens is 2. The van der Waals surface area contributed by atoms with Gasteiger partial charge >= 0.3 is 0 Å². The van der Waals surface area contributed by atoms with Crippen molar-refractivity contribution >= 4 is 17.2 Å². The van der Waals surface area contributed by atoms with Crippen molar-refractivity contribution in [3.05, 3.63) is 58.3 Å². The van der Waals surface area contributed by atoms with Crippen LogP contribution in [0.4, 0.5) is 0 Å². The molecule has 0 aliphatic rings. The van der Waals surface area contributed by atoms with Gasteiger partial charge in [-0.25, -0.2) is 0 Å². The maximum atomic E-state index is 12.4. The summed E-state index contributed by atoms with van der Waals surface area (Å²) in [6, 6.07) is 5.34. The van der Waals surface area contributed by atoms with Crippen molar-refractivity contribution in [3.8, 4) is 5.88 Å². The molecule has 3 aromatic rings. The second-order valence-corrected chi connectivity index (χ2v) is 6.21. The summed E-state index contributed by atoms with van der Waals surface area (Å²) >= 11 is 1.40. The number of carbonyl (C=O) groups excluding carboxylic acids is 1. The maximum absolute atomic E-state index is 12.4. The Kier molecular flexibility index (Phi) is 4.41. The zero-order valence-corrected chi connectivity index (χ0v) is 14.0. The van der Waals surface area contributed by atoms with Crippen molar-refractivity contribution in [2.24, 2.45) is 7.05 Å². The summed E-state index contributed by atoms with van der Waals surface area (Å²) in [5.74, 6) is -0.142. The lowest BCUT2D eigenvalue weighted by atomic mass is 9.94. The third-order valence-corrected chi connectivity index (χ3v) is 4.69. The van der Waals surface area contributed by atoms with Crippen LogP contribution in [0.1, 0.15) is 20.8 Å². The molecule has 1 atom stereocenters. The second-order valence-electron chi connectivity index (χ2n) is 5.26. The minimum absolute atomic E-state index is 0.00999. The summed E-state index contributed by atoms with van der Waals surface area (Å²) in [7, 11) is 3.15. The second kappa shape index (κ2) is 6.50. The monoisotopic (exact) mass is 347 g/mol. The number of methoxy groups -OCH3 is 1. The molecule has 3 heterocycles. The summed E-state index contributed by atoms with van der Waals surface area (Å²) in [5.41, 5.74) is -0.490. The predicted octanol–water partition coefficient (Wildman–Crippen LogP) is 1.75. The normalized spacial score (nSPS) is 13.5. The van der Waals surface area contributed by atoms with Crippen molar-refractivity contribution in [1.82, 2.24) is 15.1 Å². The average Bonchev–Trinajstić information content (AvgIpc) is 3.32. The highest BCUT2D eigenvalue weighted by molar-refractivity contribution is 7.10. The Morgan fingerprint density at radius 1 is 1.54 bits per heavy atom. The van der Waals surface area contributed by atoms with Crippen molar-refractivity contribution in [1.29, 1.82) is 0 Å². The van der Waals surface area contributed by atoms with Gasteiger partial charge in [-0.05, 0) is 17.5 Å². The number of aryl methyl sites for hydroxylation is 1. The quantitative estimate of drug-likeness (QED) is 0.709. The molecule has 8 heteroatoms. The Morgan fingerprint density at radius 3 is 3.00 bits per heavy atom. The van der Waals surface area contributed by atoms with Gasteiger partial charge in [0.25, 0.3) is 5.91 Å². The number of amides is 1. The van der Waals surface area contributed by atoms with Crippen LogP contribution in [0.15, 0.2) is 46.7 Å². The largest absolute Gasteiger partial charge is 0.479 e. The molecule has 1 unspecified atom stereocenters. The highest BCUT2D eigenvalue weighted by Crippen LogP contribution is 2.32. The smallest absolute Gasteiger partial charge is 0.258 e. The Bertz CT molecular complexity index is 774. The van der Waals surface area contributed by atoms with Gasteiger partial charge in [0.15, 0.2) is 0 Å². The predicted molar refractivity (Wildman–Crippen MR) is 88.1 cm³/mol. The van der Waals surface area contributed by atoms with Crippen molar-refractivity contribution < 1.29 is 19.1 Å². The lowest BCUT2D eigenvalue weighted by Gasteiger charge is -2.26. The molecule has 126 valence electrons. The van der Waals surface area contributed by atoms with Gasteiger partial charge in [-0.1, -0.05) is 6.07 Å². The lowest BCUT2D eigenvalue weighted by molar-refractivity contribution is 0.0712. The molecule has 1 amide bonds. The molecule has 0 aliphatic heterocycles. The Hall–Kier alpha value is -2.58. The van der Waals surface area contributed by atoms with E-state index in [2.05, 4.69) is 10.4 Å². The van der Waals surface area contributed by atoms with E-state index in [1.54, 1.807) is 19.3 Å². The number of nitrogens with one attached hydrogen (secondary N) is 1. The molecule has 0 saturated carbocycles. The fourth-order valence-electron chi connectivity index (χ4n) is 2.42. The van der Waals surface area contributed by atoms with E-state index in [-0.39, 0.29) is 18.3 Å². The van der Waals surface area contributed by atoms with Gasteiger partial charge in [-0.3, -0.25) is 9.48 Å². The SMILES string of the molecule is COc1nn(C)cc1C(=O)NCC(O)(c1ccoc1)c1cccs1. The molecule has 0 aromatic carbocycles. The number of thiophene rings is 1. The van der Waals surface area contributed by atoms with Crippen LogP contribution in [0.5, 0.6) is 5.88 Å². The van der Waals surface area contributed by atoms with Gasteiger partial charge in [0.05, 0.1) is 26.2 Å². The van der Waals surface area contributed by atoms with Crippen LogP contribution in [0.3, 0.4) is 0 Å². The van der Waals surface area contributed by atoms with Crippen LogP contribution in [0, 0.1) is 0 Å². The minimum atomic E-state index is -1.37. The summed E-state index contributed by atoms with van der Waals surface area (Å²) in [6.45, 7) is -0.00999. The molecule has 0 radical (unpaired) electrons. The van der Waals surface area contributed by atoms with E-state index in [4.69, 9.17) is 9.15 Å². The number of hydrogen-bond donors (Lipinski definition) is 2. The zero-order valence-electron chi connectivity index (χ0n) is 13.2. The first kappa shape index (κ1) is 16.3. The average molecular weight is 347 g/mol. The van der Waals surface area contributed by atoms with E-state index in [9.17, 15) is 9.90 Å².